The first-order valence-corrected chi connectivity index (χ1v) is 12.1. The van der Waals surface area contributed by atoms with E-state index in [0.29, 0.717) is 0 Å². The minimum atomic E-state index is -5.39. The number of hydrogen-bond donors (Lipinski definition) is 1. The van der Waals surface area contributed by atoms with Crippen LogP contribution in [0.4, 0.5) is 13.2 Å². The van der Waals surface area contributed by atoms with Gasteiger partial charge >= 0.3 is 36.0 Å². The molecule has 1 amide bonds. The summed E-state index contributed by atoms with van der Waals surface area (Å²) in [5, 5.41) is 1.50. The van der Waals surface area contributed by atoms with Gasteiger partial charge < -0.3 is 29.0 Å². The maximum Gasteiger partial charge on any atom is 0.471 e. The van der Waals surface area contributed by atoms with Crippen molar-refractivity contribution in [2.24, 2.45) is 16.2 Å². The van der Waals surface area contributed by atoms with Crippen molar-refractivity contribution in [1.82, 2.24) is 5.32 Å². The summed E-state index contributed by atoms with van der Waals surface area (Å²) in [6.07, 6.45) is -12.1. The Labute approximate surface area is 225 Å². The van der Waals surface area contributed by atoms with Gasteiger partial charge in [-0.25, -0.2) is 4.79 Å². The molecule has 0 saturated carbocycles. The van der Waals surface area contributed by atoms with Gasteiger partial charge in [0.15, 0.2) is 24.4 Å². The zero-order chi connectivity index (χ0) is 30.7. The molecule has 1 N–H and O–H groups in total. The first kappa shape index (κ1) is 34.1. The van der Waals surface area contributed by atoms with Crippen molar-refractivity contribution in [3.05, 3.63) is 0 Å². The highest BCUT2D eigenvalue weighted by Crippen LogP contribution is 2.32. The Morgan fingerprint density at radius 3 is 1.54 bits per heavy atom. The molecule has 5 atom stereocenters. The number of carbonyl (C=O) groups excluding carboxylic acids is 5. The third-order valence-corrected chi connectivity index (χ3v) is 5.38. The van der Waals surface area contributed by atoms with Crippen molar-refractivity contribution in [2.45, 2.75) is 98.9 Å². The van der Waals surface area contributed by atoms with Gasteiger partial charge in [0.25, 0.3) is 0 Å². The highest BCUT2D eigenvalue weighted by molar-refractivity contribution is 5.88. The fraction of sp³-hybridized carbons (Fsp3) is 0.800. The highest BCUT2D eigenvalue weighted by Gasteiger charge is 2.55. The summed E-state index contributed by atoms with van der Waals surface area (Å²) in [6.45, 7) is 13.0. The van der Waals surface area contributed by atoms with E-state index in [2.05, 4.69) is 4.74 Å². The number of rotatable bonds is 6. The van der Waals surface area contributed by atoms with E-state index < -0.39 is 89.3 Å². The van der Waals surface area contributed by atoms with Crippen LogP contribution in [-0.4, -0.2) is 80.1 Å². The molecule has 1 aliphatic rings. The largest absolute Gasteiger partial charge is 0.471 e. The minimum Gasteiger partial charge on any atom is -0.467 e. The van der Waals surface area contributed by atoms with Crippen LogP contribution in [0, 0.1) is 16.2 Å². The molecule has 39 heavy (non-hydrogen) atoms. The van der Waals surface area contributed by atoms with Crippen LogP contribution in [0.25, 0.3) is 0 Å². The number of carbonyl (C=O) groups is 5. The SMILES string of the molecule is COC(=O)[C@H](NC(=O)C(F)(F)F)[C@@H]1OC[C@H](OC(=O)C(C)(C)C)[C@H](OC(=O)C(C)(C)C)[C@H]1OC(=O)C(C)(C)C. The summed E-state index contributed by atoms with van der Waals surface area (Å²) in [5.41, 5.74) is -3.31. The average Bonchev–Trinajstić information content (AvgIpc) is 2.76. The predicted octanol–water partition coefficient (Wildman–Crippen LogP) is 2.48. The summed E-state index contributed by atoms with van der Waals surface area (Å²) >= 11 is 0. The maximum atomic E-state index is 13.1. The van der Waals surface area contributed by atoms with Crippen molar-refractivity contribution in [3.63, 3.8) is 0 Å². The van der Waals surface area contributed by atoms with Crippen molar-refractivity contribution in [3.8, 4) is 0 Å². The number of halogens is 3. The molecule has 0 unspecified atom stereocenters. The summed E-state index contributed by atoms with van der Waals surface area (Å²) in [6, 6.07) is -2.16. The molecule has 1 saturated heterocycles. The number of methoxy groups -OCH3 is 1. The van der Waals surface area contributed by atoms with Crippen LogP contribution in [-0.2, 0) is 47.7 Å². The van der Waals surface area contributed by atoms with E-state index in [9.17, 15) is 37.1 Å². The molecule has 0 aliphatic carbocycles. The maximum absolute atomic E-state index is 13.1. The number of amides is 1. The molecule has 14 heteroatoms. The first-order valence-electron chi connectivity index (χ1n) is 12.1. The molecule has 224 valence electrons. The van der Waals surface area contributed by atoms with Gasteiger partial charge in [0.05, 0.1) is 30.0 Å². The van der Waals surface area contributed by atoms with Gasteiger partial charge in [0.1, 0.15) is 6.10 Å². The monoisotopic (exact) mass is 569 g/mol. The van der Waals surface area contributed by atoms with Crippen LogP contribution in [0.15, 0.2) is 0 Å². The second kappa shape index (κ2) is 12.1. The number of ether oxygens (including phenoxy) is 5. The standard InChI is InChI=1S/C25H38F3NO10/c1-22(2,3)19(32)37-12-11-36-15(13(17(30)35-10)29-18(31)25(26,27)28)16(39-21(34)24(7,8)9)14(12)38-20(33)23(4,5)6/h12-16H,11H2,1-10H3,(H,29,31)/t12-,13+,14-,15-,16+/m0/s1. The Bertz CT molecular complexity index is 944. The predicted molar refractivity (Wildman–Crippen MR) is 128 cm³/mol. The van der Waals surface area contributed by atoms with E-state index in [0.717, 1.165) is 7.11 Å². The van der Waals surface area contributed by atoms with E-state index in [4.69, 9.17) is 18.9 Å². The van der Waals surface area contributed by atoms with Crippen molar-refractivity contribution in [1.29, 1.82) is 0 Å². The lowest BCUT2D eigenvalue weighted by molar-refractivity contribution is -0.240. The van der Waals surface area contributed by atoms with Crippen LogP contribution in [0.5, 0.6) is 0 Å². The fourth-order valence-electron chi connectivity index (χ4n) is 3.00. The quantitative estimate of drug-likeness (QED) is 0.374. The summed E-state index contributed by atoms with van der Waals surface area (Å²) in [5.74, 6) is -6.35. The Morgan fingerprint density at radius 1 is 0.744 bits per heavy atom. The molecular formula is C25H38F3NO10. The lowest BCUT2D eigenvalue weighted by Gasteiger charge is -2.44. The molecule has 0 aromatic rings. The number of esters is 4. The minimum absolute atomic E-state index is 0.590. The van der Waals surface area contributed by atoms with Gasteiger partial charge in [-0.15, -0.1) is 0 Å². The van der Waals surface area contributed by atoms with E-state index in [1.807, 2.05) is 0 Å². The van der Waals surface area contributed by atoms with E-state index in [1.54, 1.807) is 20.8 Å². The molecule has 0 bridgehead atoms. The number of nitrogens with one attached hydrogen (secondary N) is 1. The van der Waals surface area contributed by atoms with Gasteiger partial charge in [-0.2, -0.15) is 13.2 Å². The second-order valence-corrected chi connectivity index (χ2v) is 12.2. The van der Waals surface area contributed by atoms with Gasteiger partial charge in [-0.1, -0.05) is 0 Å². The van der Waals surface area contributed by atoms with Crippen LogP contribution < -0.4 is 5.32 Å². The molecule has 0 aromatic heterocycles. The average molecular weight is 570 g/mol. The number of hydrogen-bond acceptors (Lipinski definition) is 10. The fourth-order valence-corrected chi connectivity index (χ4v) is 3.00. The third kappa shape index (κ3) is 9.36. The normalized spacial score (nSPS) is 23.2. The summed E-state index contributed by atoms with van der Waals surface area (Å²) in [4.78, 5) is 62.9. The Hall–Kier alpha value is -2.90. The molecular weight excluding hydrogens is 531 g/mol. The van der Waals surface area contributed by atoms with Crippen LogP contribution in [0.3, 0.4) is 0 Å². The topological polar surface area (TPSA) is 144 Å². The lowest BCUT2D eigenvalue weighted by Crippen LogP contribution is -2.66. The van der Waals surface area contributed by atoms with Crippen LogP contribution in [0.1, 0.15) is 62.3 Å². The van der Waals surface area contributed by atoms with E-state index in [-0.39, 0.29) is 0 Å². The van der Waals surface area contributed by atoms with Gasteiger partial charge in [0.2, 0.25) is 0 Å². The Morgan fingerprint density at radius 2 is 1.15 bits per heavy atom. The third-order valence-electron chi connectivity index (χ3n) is 5.38. The van der Waals surface area contributed by atoms with Crippen molar-refractivity contribution < 1.29 is 60.8 Å². The summed E-state index contributed by atoms with van der Waals surface area (Å²) in [7, 11) is 0.860. The Balaban J connectivity index is 3.71. The van der Waals surface area contributed by atoms with Crippen molar-refractivity contribution in [2.75, 3.05) is 13.7 Å². The van der Waals surface area contributed by atoms with E-state index in [1.165, 1.54) is 46.9 Å². The smallest absolute Gasteiger partial charge is 0.467 e. The first-order chi connectivity index (χ1) is 17.4. The van der Waals surface area contributed by atoms with Gasteiger partial charge in [0, 0.05) is 0 Å². The van der Waals surface area contributed by atoms with Crippen molar-refractivity contribution >= 4 is 29.8 Å². The zero-order valence-electron chi connectivity index (χ0n) is 23.8. The van der Waals surface area contributed by atoms with Gasteiger partial charge in [-0.3, -0.25) is 19.2 Å². The molecule has 0 aromatic carbocycles. The lowest BCUT2D eigenvalue weighted by atomic mass is 9.91. The zero-order valence-corrected chi connectivity index (χ0v) is 23.8. The van der Waals surface area contributed by atoms with Gasteiger partial charge in [-0.05, 0) is 62.3 Å². The highest BCUT2D eigenvalue weighted by atomic mass is 19.4. The molecule has 1 heterocycles. The summed E-state index contributed by atoms with van der Waals surface area (Å²) < 4.78 is 66.1. The molecule has 1 aliphatic heterocycles. The molecule has 0 spiro atoms. The molecule has 11 nitrogen and oxygen atoms in total. The van der Waals surface area contributed by atoms with Crippen LogP contribution in [0.2, 0.25) is 0 Å². The number of alkyl halides is 3. The van der Waals surface area contributed by atoms with E-state index >= 15 is 0 Å². The molecule has 1 rings (SSSR count). The Kier molecular flexibility index (Phi) is 10.6. The molecule has 1 fully saturated rings. The molecule has 0 radical (unpaired) electrons. The van der Waals surface area contributed by atoms with Crippen LogP contribution >= 0.6 is 0 Å². The second-order valence-electron chi connectivity index (χ2n) is 12.2.